The number of hydrogen-bond acceptors (Lipinski definition) is 7. The van der Waals surface area contributed by atoms with Gasteiger partial charge in [0.1, 0.15) is 13.2 Å². The molecule has 0 bridgehead atoms. The third-order valence-corrected chi connectivity index (χ3v) is 12.5. The van der Waals surface area contributed by atoms with Gasteiger partial charge in [0.2, 0.25) is 0 Å². The van der Waals surface area contributed by atoms with Crippen molar-refractivity contribution in [2.24, 2.45) is 0 Å². The third kappa shape index (κ3) is 57.5. The lowest BCUT2D eigenvalue weighted by atomic mass is 10.0. The van der Waals surface area contributed by atoms with Crippen molar-refractivity contribution in [2.75, 3.05) is 47.5 Å². The standard InChI is InChI=1S/C66H111NO8/c1-6-8-10-12-14-16-18-20-22-24-26-27-28-29-30-31-32-33-34-35-36-37-39-40-42-44-46-48-50-52-54-56-63(68)73-60-62(61-74-66(65(70)71)72-59-58-67(3,4)5)75-64(69)57-55-53-51-49-47-45-43-41-38-25-23-21-19-17-15-13-11-9-7-2/h9,11,15,17-18,20-21,23-24,26,28-29,38,41,45,47,51,53,62,66H,6-8,10,12-14,16,19,22,25,27,30-37,39-40,42-44,46,48-50,52,54-61H2,1-5H3/p+1/b11-9-,17-15-,20-18-,23-21-,26-24-,29-28-,41-38-,47-45-,53-51-. The van der Waals surface area contributed by atoms with Crippen molar-refractivity contribution in [2.45, 2.75) is 245 Å². The average Bonchev–Trinajstić information content (AvgIpc) is 3.38. The zero-order valence-electron chi connectivity index (χ0n) is 48.7. The molecular weight excluding hydrogens is 935 g/mol. The van der Waals surface area contributed by atoms with E-state index in [0.29, 0.717) is 17.4 Å². The third-order valence-electron chi connectivity index (χ3n) is 12.5. The van der Waals surface area contributed by atoms with Crippen molar-refractivity contribution in [3.05, 3.63) is 109 Å². The van der Waals surface area contributed by atoms with Gasteiger partial charge in [-0.2, -0.15) is 0 Å². The first kappa shape index (κ1) is 71.0. The number of nitrogens with zero attached hydrogens (tertiary/aromatic N) is 1. The molecule has 1 N–H and O–H groups in total. The van der Waals surface area contributed by atoms with Gasteiger partial charge in [-0.25, -0.2) is 4.79 Å². The van der Waals surface area contributed by atoms with Gasteiger partial charge in [-0.3, -0.25) is 9.59 Å². The van der Waals surface area contributed by atoms with E-state index in [1.807, 2.05) is 33.3 Å². The van der Waals surface area contributed by atoms with Gasteiger partial charge >= 0.3 is 17.9 Å². The number of carbonyl (C=O) groups excluding carboxylic acids is 2. The molecule has 0 aromatic rings. The second-order valence-electron chi connectivity index (χ2n) is 20.9. The molecule has 0 heterocycles. The number of likely N-dealkylation sites (N-methyl/N-ethyl adjacent to an activating group) is 1. The average molecular weight is 1050 g/mol. The molecule has 0 aliphatic carbocycles. The number of hydrogen-bond donors (Lipinski definition) is 1. The fourth-order valence-electron chi connectivity index (χ4n) is 7.93. The summed E-state index contributed by atoms with van der Waals surface area (Å²) in [5.74, 6) is -2.12. The van der Waals surface area contributed by atoms with Crippen LogP contribution in [0, 0.1) is 0 Å². The highest BCUT2D eigenvalue weighted by Crippen LogP contribution is 2.16. The van der Waals surface area contributed by atoms with Crippen molar-refractivity contribution in [3.8, 4) is 0 Å². The van der Waals surface area contributed by atoms with Gasteiger partial charge in [-0.1, -0.05) is 239 Å². The first-order valence-corrected chi connectivity index (χ1v) is 30.1. The first-order valence-electron chi connectivity index (χ1n) is 30.1. The van der Waals surface area contributed by atoms with Crippen LogP contribution < -0.4 is 0 Å². The van der Waals surface area contributed by atoms with Crippen LogP contribution in [0.3, 0.4) is 0 Å². The lowest BCUT2D eigenvalue weighted by Crippen LogP contribution is -2.40. The molecule has 0 radical (unpaired) electrons. The maximum Gasteiger partial charge on any atom is 0.361 e. The second-order valence-corrected chi connectivity index (χ2v) is 20.9. The molecule has 0 aromatic heterocycles. The van der Waals surface area contributed by atoms with Crippen molar-refractivity contribution < 1.29 is 42.9 Å². The Labute approximate surface area is 460 Å². The van der Waals surface area contributed by atoms with Gasteiger partial charge in [0.15, 0.2) is 6.10 Å². The van der Waals surface area contributed by atoms with E-state index in [9.17, 15) is 19.5 Å². The maximum absolute atomic E-state index is 12.8. The van der Waals surface area contributed by atoms with Crippen LogP contribution in [0.15, 0.2) is 109 Å². The van der Waals surface area contributed by atoms with E-state index in [1.54, 1.807) is 0 Å². The van der Waals surface area contributed by atoms with Crippen LogP contribution in [0.2, 0.25) is 0 Å². The molecule has 0 aliphatic rings. The van der Waals surface area contributed by atoms with Crippen molar-refractivity contribution in [3.63, 3.8) is 0 Å². The summed E-state index contributed by atoms with van der Waals surface area (Å²) in [7, 11) is 5.94. The molecule has 0 rings (SSSR count). The van der Waals surface area contributed by atoms with Crippen LogP contribution in [0.5, 0.6) is 0 Å². The van der Waals surface area contributed by atoms with E-state index < -0.39 is 24.3 Å². The second kappa shape index (κ2) is 56.2. The Morgan fingerprint density at radius 3 is 1.19 bits per heavy atom. The Morgan fingerprint density at radius 1 is 0.413 bits per heavy atom. The summed E-state index contributed by atoms with van der Waals surface area (Å²) in [6, 6.07) is 0. The summed E-state index contributed by atoms with van der Waals surface area (Å²) in [5, 5.41) is 9.70. The molecule has 0 spiro atoms. The molecular formula is C66H112NO8+. The minimum Gasteiger partial charge on any atom is -0.477 e. The topological polar surface area (TPSA) is 108 Å². The maximum atomic E-state index is 12.8. The molecule has 75 heavy (non-hydrogen) atoms. The number of esters is 2. The number of carbonyl (C=O) groups is 3. The molecule has 9 nitrogen and oxygen atoms in total. The minimum absolute atomic E-state index is 0.130. The Hall–Kier alpha value is -4.05. The van der Waals surface area contributed by atoms with Crippen molar-refractivity contribution in [1.82, 2.24) is 0 Å². The first-order chi connectivity index (χ1) is 36.6. The fourth-order valence-corrected chi connectivity index (χ4v) is 7.93. The summed E-state index contributed by atoms with van der Waals surface area (Å²) < 4.78 is 22.8. The fraction of sp³-hybridized carbons (Fsp3) is 0.682. The molecule has 0 saturated heterocycles. The van der Waals surface area contributed by atoms with E-state index in [1.165, 1.54) is 128 Å². The smallest absolute Gasteiger partial charge is 0.361 e. The number of allylic oxidation sites excluding steroid dienone is 18. The van der Waals surface area contributed by atoms with Crippen LogP contribution in [0.25, 0.3) is 0 Å². The molecule has 0 saturated carbocycles. The number of carboxylic acid groups (broad SMARTS) is 1. The molecule has 428 valence electrons. The van der Waals surface area contributed by atoms with Crippen LogP contribution in [0.4, 0.5) is 0 Å². The van der Waals surface area contributed by atoms with Gasteiger partial charge in [0, 0.05) is 12.8 Å². The van der Waals surface area contributed by atoms with Crippen LogP contribution >= 0.6 is 0 Å². The summed E-state index contributed by atoms with van der Waals surface area (Å²) in [6.45, 7) is 4.66. The SMILES string of the molecule is CC/C=C\C/C=C\C/C=C\C/C=C\C/C=C\C/C=C\CCC(=O)OC(COC(=O)CCCCCCCCCCCCCCCCCC/C=C\C/C=C\C/C=C\CCCCCCC)COC(OCC[N+](C)(C)C)C(=O)O. The number of rotatable bonds is 54. The molecule has 2 atom stereocenters. The molecule has 2 unspecified atom stereocenters. The number of quaternary nitrogens is 1. The van der Waals surface area contributed by atoms with Gasteiger partial charge in [0.05, 0.1) is 34.4 Å². The Morgan fingerprint density at radius 2 is 0.787 bits per heavy atom. The number of carboxylic acids is 1. The molecule has 0 aliphatic heterocycles. The monoisotopic (exact) mass is 1050 g/mol. The van der Waals surface area contributed by atoms with Crippen LogP contribution in [0.1, 0.15) is 232 Å². The van der Waals surface area contributed by atoms with E-state index >= 15 is 0 Å². The predicted octanol–water partition coefficient (Wildman–Crippen LogP) is 17.9. The van der Waals surface area contributed by atoms with Crippen LogP contribution in [-0.2, 0) is 33.3 Å². The zero-order chi connectivity index (χ0) is 54.8. The Bertz CT molecular complexity index is 1590. The van der Waals surface area contributed by atoms with Gasteiger partial charge in [-0.15, -0.1) is 0 Å². The van der Waals surface area contributed by atoms with Gasteiger partial charge < -0.3 is 28.5 Å². The van der Waals surface area contributed by atoms with Crippen molar-refractivity contribution in [1.29, 1.82) is 0 Å². The lowest BCUT2D eigenvalue weighted by Gasteiger charge is -2.25. The summed E-state index contributed by atoms with van der Waals surface area (Å²) in [5.41, 5.74) is 0. The van der Waals surface area contributed by atoms with E-state index in [0.717, 1.165) is 70.6 Å². The minimum atomic E-state index is -1.54. The summed E-state index contributed by atoms with van der Waals surface area (Å²) >= 11 is 0. The zero-order valence-corrected chi connectivity index (χ0v) is 48.7. The normalized spacial score (nSPS) is 13.6. The summed E-state index contributed by atoms with van der Waals surface area (Å²) in [4.78, 5) is 37.4. The molecule has 0 aromatic carbocycles. The van der Waals surface area contributed by atoms with E-state index in [4.69, 9.17) is 18.9 Å². The van der Waals surface area contributed by atoms with E-state index in [-0.39, 0.29) is 38.6 Å². The summed E-state index contributed by atoms with van der Waals surface area (Å²) in [6.07, 6.45) is 74.8. The van der Waals surface area contributed by atoms with Gasteiger partial charge in [-0.05, 0) is 89.9 Å². The van der Waals surface area contributed by atoms with Gasteiger partial charge in [0.25, 0.3) is 6.29 Å². The lowest BCUT2D eigenvalue weighted by molar-refractivity contribution is -0.870. The Kier molecular flexibility index (Phi) is 53.1. The molecule has 0 fully saturated rings. The van der Waals surface area contributed by atoms with E-state index in [2.05, 4.69) is 111 Å². The highest BCUT2D eigenvalue weighted by molar-refractivity contribution is 5.71. The molecule has 0 amide bonds. The Balaban J connectivity index is 4.24. The molecule has 9 heteroatoms. The largest absolute Gasteiger partial charge is 0.477 e. The number of unbranched alkanes of at least 4 members (excludes halogenated alkanes) is 21. The highest BCUT2D eigenvalue weighted by Gasteiger charge is 2.25. The quantitative estimate of drug-likeness (QED) is 0.0211. The van der Waals surface area contributed by atoms with Crippen LogP contribution in [-0.4, -0.2) is 87.4 Å². The number of ether oxygens (including phenoxy) is 4. The highest BCUT2D eigenvalue weighted by atomic mass is 16.7. The predicted molar refractivity (Wildman–Crippen MR) is 318 cm³/mol. The number of aliphatic carboxylic acids is 1. The van der Waals surface area contributed by atoms with Crippen molar-refractivity contribution >= 4 is 17.9 Å².